The monoisotopic (exact) mass is 342 g/mol. The van der Waals surface area contributed by atoms with Crippen LogP contribution in [0, 0.1) is 0 Å². The van der Waals surface area contributed by atoms with Crippen LogP contribution in [-0.2, 0) is 15.5 Å². The van der Waals surface area contributed by atoms with Gasteiger partial charge < -0.3 is 14.0 Å². The Hall–Kier alpha value is -1.21. The molecule has 0 N–H and O–H groups in total. The molecule has 1 aliphatic carbocycles. The topological polar surface area (TPSA) is 27.7 Å². The molecule has 0 unspecified atom stereocenters. The normalized spacial score (nSPS) is 22.8. The van der Waals surface area contributed by atoms with Crippen LogP contribution in [0.1, 0.15) is 57.6 Å². The molecule has 0 atom stereocenters. The third kappa shape index (κ3) is 2.92. The lowest BCUT2D eigenvalue weighted by atomic mass is 9.74. The van der Waals surface area contributed by atoms with Crippen LogP contribution in [0.5, 0.6) is 5.75 Å². The molecule has 1 saturated carbocycles. The summed E-state index contributed by atoms with van der Waals surface area (Å²) in [6.07, 6.45) is -2.58. The van der Waals surface area contributed by atoms with E-state index in [-0.39, 0.29) is 11.2 Å². The predicted octanol–water partition coefficient (Wildman–Crippen LogP) is 3.89. The Morgan fingerprint density at radius 3 is 2.04 bits per heavy atom. The van der Waals surface area contributed by atoms with Crippen molar-refractivity contribution in [2.24, 2.45) is 0 Å². The van der Waals surface area contributed by atoms with E-state index in [9.17, 15) is 13.2 Å². The molecule has 1 saturated heterocycles. The van der Waals surface area contributed by atoms with Gasteiger partial charge in [-0.15, -0.1) is 0 Å². The van der Waals surface area contributed by atoms with Gasteiger partial charge in [0.25, 0.3) is 0 Å². The molecule has 2 fully saturated rings. The lowest BCUT2D eigenvalue weighted by Crippen LogP contribution is -2.41. The van der Waals surface area contributed by atoms with Crippen molar-refractivity contribution in [1.82, 2.24) is 0 Å². The van der Waals surface area contributed by atoms with Gasteiger partial charge in [-0.3, -0.25) is 0 Å². The lowest BCUT2D eigenvalue weighted by molar-refractivity contribution is -0.138. The van der Waals surface area contributed by atoms with Gasteiger partial charge >= 0.3 is 13.3 Å². The summed E-state index contributed by atoms with van der Waals surface area (Å²) >= 11 is 0. The van der Waals surface area contributed by atoms with Gasteiger partial charge in [-0.25, -0.2) is 0 Å². The van der Waals surface area contributed by atoms with Gasteiger partial charge in [-0.05, 0) is 63.5 Å². The van der Waals surface area contributed by atoms with E-state index in [1.54, 1.807) is 6.07 Å². The molecule has 3 nitrogen and oxygen atoms in total. The Bertz CT molecular complexity index is 635. The molecule has 0 spiro atoms. The van der Waals surface area contributed by atoms with E-state index in [2.05, 4.69) is 0 Å². The number of alkyl halides is 3. The van der Waals surface area contributed by atoms with E-state index in [4.69, 9.17) is 14.0 Å². The first-order chi connectivity index (χ1) is 11.0. The Labute approximate surface area is 140 Å². The number of benzene rings is 1. The molecular weight excluding hydrogens is 320 g/mol. The van der Waals surface area contributed by atoms with Gasteiger partial charge in [0.05, 0.1) is 23.9 Å². The summed E-state index contributed by atoms with van der Waals surface area (Å²) < 4.78 is 57.9. The van der Waals surface area contributed by atoms with Crippen molar-refractivity contribution in [3.05, 3.63) is 23.3 Å². The van der Waals surface area contributed by atoms with Crippen LogP contribution in [-0.4, -0.2) is 25.4 Å². The van der Waals surface area contributed by atoms with Crippen molar-refractivity contribution in [1.29, 1.82) is 0 Å². The average Bonchev–Trinajstić information content (AvgIpc) is 3.24. The molecule has 1 aromatic carbocycles. The summed E-state index contributed by atoms with van der Waals surface area (Å²) in [6.45, 7) is 7.29. The van der Waals surface area contributed by atoms with Crippen LogP contribution in [0.15, 0.2) is 12.1 Å². The number of methoxy groups -OCH3 is 1. The van der Waals surface area contributed by atoms with Crippen LogP contribution in [0.25, 0.3) is 0 Å². The van der Waals surface area contributed by atoms with Crippen molar-refractivity contribution in [3.63, 3.8) is 0 Å². The summed E-state index contributed by atoms with van der Waals surface area (Å²) in [4.78, 5) is 0. The van der Waals surface area contributed by atoms with E-state index in [0.717, 1.165) is 18.4 Å². The lowest BCUT2D eigenvalue weighted by Gasteiger charge is -2.32. The first-order valence-electron chi connectivity index (χ1n) is 8.11. The SMILES string of the molecule is COc1cc(C2CC2)cc(B2OC(C)(C)C(C)(C)O2)c1C(F)(F)F. The highest BCUT2D eigenvalue weighted by atomic mass is 19.4. The molecule has 1 heterocycles. The highest BCUT2D eigenvalue weighted by molar-refractivity contribution is 6.62. The maximum atomic E-state index is 13.7. The van der Waals surface area contributed by atoms with E-state index in [0.29, 0.717) is 5.92 Å². The first kappa shape index (κ1) is 17.6. The van der Waals surface area contributed by atoms with Crippen molar-refractivity contribution in [2.45, 2.75) is 63.8 Å². The summed E-state index contributed by atoms with van der Waals surface area (Å²) in [6, 6.07) is 3.07. The summed E-state index contributed by atoms with van der Waals surface area (Å²) in [7, 11) is 0.189. The van der Waals surface area contributed by atoms with Crippen LogP contribution in [0.2, 0.25) is 0 Å². The fraction of sp³-hybridized carbons (Fsp3) is 0.647. The smallest absolute Gasteiger partial charge is 0.495 e. The van der Waals surface area contributed by atoms with Crippen molar-refractivity contribution in [3.8, 4) is 5.75 Å². The molecule has 0 bridgehead atoms. The Morgan fingerprint density at radius 2 is 1.62 bits per heavy atom. The van der Waals surface area contributed by atoms with Crippen LogP contribution < -0.4 is 10.2 Å². The Morgan fingerprint density at radius 1 is 1.08 bits per heavy atom. The summed E-state index contributed by atoms with van der Waals surface area (Å²) in [5.41, 5.74) is -1.37. The minimum absolute atomic E-state index is 0.00222. The molecule has 3 rings (SSSR count). The highest BCUT2D eigenvalue weighted by Gasteiger charge is 2.54. The fourth-order valence-electron chi connectivity index (χ4n) is 2.93. The zero-order chi connectivity index (χ0) is 17.9. The van der Waals surface area contributed by atoms with Gasteiger partial charge in [0.1, 0.15) is 5.75 Å². The van der Waals surface area contributed by atoms with E-state index < -0.39 is 30.1 Å². The second kappa shape index (κ2) is 5.40. The van der Waals surface area contributed by atoms with Crippen LogP contribution in [0.4, 0.5) is 13.2 Å². The molecular formula is C17H22BF3O3. The number of hydrogen-bond acceptors (Lipinski definition) is 3. The molecule has 0 aromatic heterocycles. The van der Waals surface area contributed by atoms with Gasteiger partial charge in [-0.2, -0.15) is 13.2 Å². The van der Waals surface area contributed by atoms with Gasteiger partial charge in [0.15, 0.2) is 0 Å². The first-order valence-corrected chi connectivity index (χ1v) is 8.11. The molecule has 0 amide bonds. The van der Waals surface area contributed by atoms with E-state index in [1.165, 1.54) is 13.2 Å². The molecule has 132 valence electrons. The Balaban J connectivity index is 2.13. The zero-order valence-corrected chi connectivity index (χ0v) is 14.6. The molecule has 7 heteroatoms. The quantitative estimate of drug-likeness (QED) is 0.780. The maximum Gasteiger partial charge on any atom is 0.495 e. The third-order valence-corrected chi connectivity index (χ3v) is 5.21. The number of hydrogen-bond donors (Lipinski definition) is 0. The number of rotatable bonds is 3. The molecule has 1 aliphatic heterocycles. The summed E-state index contributed by atoms with van der Waals surface area (Å²) in [5.74, 6) is 0.124. The second-order valence-corrected chi connectivity index (χ2v) is 7.55. The van der Waals surface area contributed by atoms with Crippen LogP contribution >= 0.6 is 0 Å². The van der Waals surface area contributed by atoms with Crippen molar-refractivity contribution < 1.29 is 27.2 Å². The van der Waals surface area contributed by atoms with Crippen molar-refractivity contribution >= 4 is 12.6 Å². The Kier molecular flexibility index (Phi) is 3.96. The molecule has 0 radical (unpaired) electrons. The van der Waals surface area contributed by atoms with E-state index in [1.807, 2.05) is 27.7 Å². The van der Waals surface area contributed by atoms with Crippen molar-refractivity contribution in [2.75, 3.05) is 7.11 Å². The van der Waals surface area contributed by atoms with E-state index >= 15 is 0 Å². The average molecular weight is 342 g/mol. The minimum Gasteiger partial charge on any atom is -0.496 e. The standard InChI is InChI=1S/C17H22BF3O3/c1-15(2)16(3,4)24-18(23-15)12-8-11(10-6-7-10)9-13(22-5)14(12)17(19,20)21/h8-10H,6-7H2,1-5H3. The number of ether oxygens (including phenoxy) is 1. The van der Waals surface area contributed by atoms with Gasteiger partial charge in [0.2, 0.25) is 0 Å². The molecule has 2 aliphatic rings. The second-order valence-electron chi connectivity index (χ2n) is 7.55. The number of halogens is 3. The summed E-state index contributed by atoms with van der Waals surface area (Å²) in [5, 5.41) is 0. The van der Waals surface area contributed by atoms with Gasteiger partial charge in [0, 0.05) is 0 Å². The van der Waals surface area contributed by atoms with Crippen LogP contribution in [0.3, 0.4) is 0 Å². The predicted molar refractivity (Wildman–Crippen MR) is 85.7 cm³/mol. The molecule has 1 aromatic rings. The zero-order valence-electron chi connectivity index (χ0n) is 14.6. The maximum absolute atomic E-state index is 13.7. The minimum atomic E-state index is -4.55. The largest absolute Gasteiger partial charge is 0.496 e. The van der Waals surface area contributed by atoms with Gasteiger partial charge in [-0.1, -0.05) is 6.07 Å². The molecule has 24 heavy (non-hydrogen) atoms. The fourth-order valence-corrected chi connectivity index (χ4v) is 2.93. The highest BCUT2D eigenvalue weighted by Crippen LogP contribution is 2.45. The third-order valence-electron chi connectivity index (χ3n) is 5.21.